The van der Waals surface area contributed by atoms with E-state index in [0.717, 1.165) is 5.56 Å². The predicted molar refractivity (Wildman–Crippen MR) is 71.3 cm³/mol. The Labute approximate surface area is 111 Å². The lowest BCUT2D eigenvalue weighted by molar-refractivity contribution is 0.301. The molecule has 0 saturated heterocycles. The van der Waals surface area contributed by atoms with E-state index in [1.807, 2.05) is 41.3 Å². The summed E-state index contributed by atoms with van der Waals surface area (Å²) in [5.41, 5.74) is 1.41. The van der Waals surface area contributed by atoms with Gasteiger partial charge in [0.05, 0.1) is 19.0 Å². The van der Waals surface area contributed by atoms with Gasteiger partial charge in [0.15, 0.2) is 5.69 Å². The average molecular weight is 254 g/mol. The minimum absolute atomic E-state index is 0.0362. The van der Waals surface area contributed by atoms with Crippen LogP contribution in [0.2, 0.25) is 0 Å². The molecule has 1 aromatic carbocycles. The lowest BCUT2D eigenvalue weighted by atomic mass is 10.2. The molecular weight excluding hydrogens is 240 g/mol. The number of nitriles is 1. The second-order valence-corrected chi connectivity index (χ2v) is 4.00. The molecular formula is C14H14N4O. The van der Waals surface area contributed by atoms with Crippen molar-refractivity contribution in [2.75, 3.05) is 18.1 Å². The third-order valence-electron chi connectivity index (χ3n) is 2.66. The summed E-state index contributed by atoms with van der Waals surface area (Å²) in [5.74, 6) is 0.650. The second-order valence-electron chi connectivity index (χ2n) is 4.00. The Balaban J connectivity index is 2.17. The van der Waals surface area contributed by atoms with E-state index in [9.17, 15) is 0 Å². The van der Waals surface area contributed by atoms with Crippen LogP contribution in [0.3, 0.4) is 0 Å². The molecule has 1 heterocycles. The quantitative estimate of drug-likeness (QED) is 0.871. The molecule has 0 aliphatic carbocycles. The van der Waals surface area contributed by atoms with Crippen LogP contribution in [0.5, 0.6) is 0 Å². The van der Waals surface area contributed by atoms with Crippen LogP contribution in [-0.2, 0) is 6.54 Å². The maximum Gasteiger partial charge on any atom is 0.158 e. The molecule has 5 heteroatoms. The molecule has 19 heavy (non-hydrogen) atoms. The van der Waals surface area contributed by atoms with Crippen molar-refractivity contribution in [3.63, 3.8) is 0 Å². The van der Waals surface area contributed by atoms with Gasteiger partial charge in [-0.1, -0.05) is 30.3 Å². The van der Waals surface area contributed by atoms with Crippen molar-refractivity contribution >= 4 is 5.82 Å². The molecule has 1 N–H and O–H groups in total. The highest BCUT2D eigenvalue weighted by Gasteiger charge is 2.08. The number of rotatable bonds is 5. The van der Waals surface area contributed by atoms with Gasteiger partial charge in [0.2, 0.25) is 0 Å². The van der Waals surface area contributed by atoms with Crippen molar-refractivity contribution in [3.8, 4) is 6.07 Å². The molecule has 0 unspecified atom stereocenters. The SMILES string of the molecule is N#Cc1cnc(N(CCO)Cc2ccccc2)cn1. The molecule has 1 aromatic heterocycles. The monoisotopic (exact) mass is 254 g/mol. The first-order valence-electron chi connectivity index (χ1n) is 5.95. The minimum Gasteiger partial charge on any atom is -0.395 e. The standard InChI is InChI=1S/C14H14N4O/c15-8-13-9-17-14(10-16-13)18(6-7-19)11-12-4-2-1-3-5-12/h1-5,9-10,19H,6-7,11H2. The van der Waals surface area contributed by atoms with E-state index < -0.39 is 0 Å². The van der Waals surface area contributed by atoms with E-state index in [1.165, 1.54) is 6.20 Å². The zero-order valence-corrected chi connectivity index (χ0v) is 10.4. The van der Waals surface area contributed by atoms with Crippen LogP contribution in [0.25, 0.3) is 0 Å². The van der Waals surface area contributed by atoms with Crippen LogP contribution >= 0.6 is 0 Å². The van der Waals surface area contributed by atoms with E-state index >= 15 is 0 Å². The zero-order valence-electron chi connectivity index (χ0n) is 10.4. The summed E-state index contributed by atoms with van der Waals surface area (Å²) in [6.07, 6.45) is 2.99. The molecule has 0 radical (unpaired) electrons. The van der Waals surface area contributed by atoms with E-state index in [2.05, 4.69) is 9.97 Å². The van der Waals surface area contributed by atoms with Crippen molar-refractivity contribution in [2.45, 2.75) is 6.54 Å². The molecule has 2 rings (SSSR count). The maximum atomic E-state index is 9.13. The summed E-state index contributed by atoms with van der Waals surface area (Å²) >= 11 is 0. The minimum atomic E-state index is 0.0362. The summed E-state index contributed by atoms with van der Waals surface area (Å²) in [6, 6.07) is 11.9. The molecule has 0 bridgehead atoms. The Morgan fingerprint density at radius 2 is 1.95 bits per heavy atom. The van der Waals surface area contributed by atoms with Gasteiger partial charge in [-0.25, -0.2) is 9.97 Å². The molecule has 5 nitrogen and oxygen atoms in total. The van der Waals surface area contributed by atoms with Crippen molar-refractivity contribution < 1.29 is 5.11 Å². The summed E-state index contributed by atoms with van der Waals surface area (Å²) in [4.78, 5) is 10.1. The summed E-state index contributed by atoms with van der Waals surface area (Å²) in [5, 5.41) is 17.8. The second kappa shape index (κ2) is 6.47. The normalized spacial score (nSPS) is 9.89. The summed E-state index contributed by atoms with van der Waals surface area (Å²) in [6.45, 7) is 1.14. The lowest BCUT2D eigenvalue weighted by Gasteiger charge is -2.22. The van der Waals surface area contributed by atoms with E-state index in [0.29, 0.717) is 18.9 Å². The summed E-state index contributed by atoms with van der Waals surface area (Å²) in [7, 11) is 0. The van der Waals surface area contributed by atoms with Gasteiger partial charge in [-0.05, 0) is 5.56 Å². The first-order chi connectivity index (χ1) is 9.33. The molecule has 0 atom stereocenters. The van der Waals surface area contributed by atoms with E-state index in [4.69, 9.17) is 10.4 Å². The molecule has 96 valence electrons. The Morgan fingerprint density at radius 3 is 2.53 bits per heavy atom. The van der Waals surface area contributed by atoms with Gasteiger partial charge in [0.25, 0.3) is 0 Å². The number of hydrogen-bond acceptors (Lipinski definition) is 5. The fraction of sp³-hybridized carbons (Fsp3) is 0.214. The average Bonchev–Trinajstić information content (AvgIpc) is 2.48. The molecule has 0 fully saturated rings. The van der Waals surface area contributed by atoms with Crippen LogP contribution in [0, 0.1) is 11.3 Å². The number of nitrogens with zero attached hydrogens (tertiary/aromatic N) is 4. The van der Waals surface area contributed by atoms with Crippen molar-refractivity contribution in [1.29, 1.82) is 5.26 Å². The number of aromatic nitrogens is 2. The summed E-state index contributed by atoms with van der Waals surface area (Å²) < 4.78 is 0. The van der Waals surface area contributed by atoms with Crippen LogP contribution in [0.15, 0.2) is 42.7 Å². The van der Waals surface area contributed by atoms with Crippen LogP contribution in [-0.4, -0.2) is 28.2 Å². The van der Waals surface area contributed by atoms with Gasteiger partial charge >= 0.3 is 0 Å². The van der Waals surface area contributed by atoms with Crippen molar-refractivity contribution in [1.82, 2.24) is 9.97 Å². The predicted octanol–water partition coefficient (Wildman–Crippen LogP) is 1.35. The molecule has 2 aromatic rings. The fourth-order valence-electron chi connectivity index (χ4n) is 1.74. The topological polar surface area (TPSA) is 73.0 Å². The Hall–Kier alpha value is -2.45. The van der Waals surface area contributed by atoms with Gasteiger partial charge < -0.3 is 10.0 Å². The van der Waals surface area contributed by atoms with Gasteiger partial charge in [0.1, 0.15) is 11.9 Å². The van der Waals surface area contributed by atoms with Crippen LogP contribution in [0.4, 0.5) is 5.82 Å². The lowest BCUT2D eigenvalue weighted by Crippen LogP contribution is -2.27. The van der Waals surface area contributed by atoms with Crippen molar-refractivity contribution in [2.24, 2.45) is 0 Å². The van der Waals surface area contributed by atoms with Gasteiger partial charge in [-0.15, -0.1) is 0 Å². The third kappa shape index (κ3) is 3.50. The molecule has 0 aliphatic heterocycles. The first-order valence-corrected chi connectivity index (χ1v) is 5.95. The maximum absolute atomic E-state index is 9.13. The number of benzene rings is 1. The molecule has 0 amide bonds. The highest BCUT2D eigenvalue weighted by atomic mass is 16.3. The number of anilines is 1. The fourth-order valence-corrected chi connectivity index (χ4v) is 1.74. The molecule has 0 saturated carbocycles. The van der Waals surface area contributed by atoms with Gasteiger partial charge in [-0.2, -0.15) is 5.26 Å². The van der Waals surface area contributed by atoms with Gasteiger partial charge in [-0.3, -0.25) is 0 Å². The van der Waals surface area contributed by atoms with E-state index in [-0.39, 0.29) is 12.3 Å². The zero-order chi connectivity index (χ0) is 13.5. The first kappa shape index (κ1) is 13.0. The molecule has 0 spiro atoms. The Kier molecular flexibility index (Phi) is 4.43. The number of hydrogen-bond donors (Lipinski definition) is 1. The smallest absolute Gasteiger partial charge is 0.158 e. The highest BCUT2D eigenvalue weighted by Crippen LogP contribution is 2.13. The van der Waals surface area contributed by atoms with Gasteiger partial charge in [0, 0.05) is 13.1 Å². The Bertz CT molecular complexity index is 548. The van der Waals surface area contributed by atoms with Crippen LogP contribution in [0.1, 0.15) is 11.3 Å². The van der Waals surface area contributed by atoms with E-state index in [1.54, 1.807) is 6.20 Å². The van der Waals surface area contributed by atoms with Crippen LogP contribution < -0.4 is 4.90 Å². The largest absolute Gasteiger partial charge is 0.395 e. The Morgan fingerprint density at radius 1 is 1.16 bits per heavy atom. The highest BCUT2D eigenvalue weighted by molar-refractivity contribution is 5.38. The number of aliphatic hydroxyl groups excluding tert-OH is 1. The number of aliphatic hydroxyl groups is 1. The molecule has 0 aliphatic rings. The van der Waals surface area contributed by atoms with Crippen molar-refractivity contribution in [3.05, 3.63) is 54.0 Å². The third-order valence-corrected chi connectivity index (χ3v) is 2.66.